The molecule has 0 spiro atoms. The smallest absolute Gasteiger partial charge is 0.235 e. The Balaban J connectivity index is 4.58. The van der Waals surface area contributed by atoms with Gasteiger partial charge in [-0.3, -0.25) is 9.59 Å². The second-order valence-electron chi connectivity index (χ2n) is 6.50. The Bertz CT molecular complexity index is 305. The molecule has 2 unspecified atom stereocenters. The van der Waals surface area contributed by atoms with Crippen LogP contribution in [0.25, 0.3) is 0 Å². The minimum absolute atomic E-state index is 0.0378. The summed E-state index contributed by atoms with van der Waals surface area (Å²) < 4.78 is -0.706. The summed E-state index contributed by atoms with van der Waals surface area (Å²) in [7, 11) is 0. The minimum Gasteiger partial charge on any atom is -0.352 e. The number of hydrogen-bond donors (Lipinski definition) is 2. The molecule has 0 aromatic carbocycles. The second-order valence-corrected chi connectivity index (χ2v) is 7.48. The van der Waals surface area contributed by atoms with E-state index < -0.39 is 4.75 Å². The van der Waals surface area contributed by atoms with E-state index in [1.54, 1.807) is 6.92 Å². The molecule has 0 bridgehead atoms. The summed E-state index contributed by atoms with van der Waals surface area (Å²) in [6.45, 7) is 11.6. The van der Waals surface area contributed by atoms with Crippen molar-refractivity contribution >= 4 is 24.3 Å². The summed E-state index contributed by atoms with van der Waals surface area (Å²) in [4.78, 5) is 23.3. The fraction of sp³-hybridized carbons (Fsp3) is 0.857. The van der Waals surface area contributed by atoms with E-state index in [2.05, 4.69) is 38.7 Å². The van der Waals surface area contributed by atoms with Crippen LogP contribution in [0.2, 0.25) is 0 Å². The first kappa shape index (κ1) is 17.5. The Kier molecular flexibility index (Phi) is 6.41. The summed E-state index contributed by atoms with van der Waals surface area (Å²) in [6.07, 6.45) is 1.83. The van der Waals surface area contributed by atoms with Crippen molar-refractivity contribution in [3.05, 3.63) is 0 Å². The molecular formula is C14H27NO2S. The van der Waals surface area contributed by atoms with Crippen molar-refractivity contribution in [1.29, 1.82) is 0 Å². The molecule has 18 heavy (non-hydrogen) atoms. The van der Waals surface area contributed by atoms with Crippen LogP contribution in [-0.2, 0) is 9.59 Å². The summed E-state index contributed by atoms with van der Waals surface area (Å²) in [5, 5.41) is 2.92. The molecule has 0 radical (unpaired) electrons. The van der Waals surface area contributed by atoms with Crippen molar-refractivity contribution in [1.82, 2.24) is 5.32 Å². The SMILES string of the molecule is CCC(CC(C)=O)NC(=O)C(C)(S)CC(C)(C)C. The van der Waals surface area contributed by atoms with E-state index in [4.69, 9.17) is 0 Å². The third kappa shape index (κ3) is 7.04. The predicted octanol–water partition coefficient (Wildman–Crippen LogP) is 2.99. The van der Waals surface area contributed by atoms with E-state index in [-0.39, 0.29) is 23.1 Å². The van der Waals surface area contributed by atoms with E-state index in [1.807, 2.05) is 13.8 Å². The van der Waals surface area contributed by atoms with Crippen LogP contribution < -0.4 is 5.32 Å². The Morgan fingerprint density at radius 2 is 1.72 bits per heavy atom. The minimum atomic E-state index is -0.706. The first-order valence-electron chi connectivity index (χ1n) is 6.50. The zero-order valence-corrected chi connectivity index (χ0v) is 13.4. The number of carbonyl (C=O) groups is 2. The maximum absolute atomic E-state index is 12.2. The molecule has 0 saturated carbocycles. The number of nitrogens with one attached hydrogen (secondary N) is 1. The lowest BCUT2D eigenvalue weighted by molar-refractivity contribution is -0.125. The largest absolute Gasteiger partial charge is 0.352 e. The summed E-state index contributed by atoms with van der Waals surface area (Å²) in [5.74, 6) is 0.00713. The highest BCUT2D eigenvalue weighted by molar-refractivity contribution is 7.82. The Labute approximate surface area is 117 Å². The summed E-state index contributed by atoms with van der Waals surface area (Å²) in [6, 6.07) is -0.0820. The molecule has 106 valence electrons. The molecule has 0 aliphatic heterocycles. The number of hydrogen-bond acceptors (Lipinski definition) is 3. The van der Waals surface area contributed by atoms with Crippen molar-refractivity contribution in [3.8, 4) is 0 Å². The van der Waals surface area contributed by atoms with Gasteiger partial charge in [-0.2, -0.15) is 12.6 Å². The number of ketones is 1. The van der Waals surface area contributed by atoms with Crippen LogP contribution in [0, 0.1) is 5.41 Å². The normalized spacial score (nSPS) is 16.8. The van der Waals surface area contributed by atoms with Gasteiger partial charge in [0.1, 0.15) is 5.78 Å². The Hall–Kier alpha value is -0.510. The third-order valence-electron chi connectivity index (χ3n) is 2.73. The zero-order valence-electron chi connectivity index (χ0n) is 12.5. The van der Waals surface area contributed by atoms with E-state index in [1.165, 1.54) is 0 Å². The first-order valence-corrected chi connectivity index (χ1v) is 6.95. The van der Waals surface area contributed by atoms with Crippen LogP contribution in [0.4, 0.5) is 0 Å². The van der Waals surface area contributed by atoms with Crippen LogP contribution in [0.15, 0.2) is 0 Å². The lowest BCUT2D eigenvalue weighted by Gasteiger charge is -2.31. The molecule has 0 heterocycles. The molecule has 3 nitrogen and oxygen atoms in total. The average Bonchev–Trinajstić information content (AvgIpc) is 2.11. The molecule has 1 amide bonds. The highest BCUT2D eigenvalue weighted by Crippen LogP contribution is 2.31. The molecule has 4 heteroatoms. The van der Waals surface area contributed by atoms with Gasteiger partial charge in [0.2, 0.25) is 5.91 Å². The van der Waals surface area contributed by atoms with Crippen LogP contribution >= 0.6 is 12.6 Å². The van der Waals surface area contributed by atoms with Crippen LogP contribution in [0.1, 0.15) is 60.8 Å². The zero-order chi connectivity index (χ0) is 14.6. The third-order valence-corrected chi connectivity index (χ3v) is 3.09. The van der Waals surface area contributed by atoms with E-state index in [0.29, 0.717) is 12.8 Å². The molecule has 0 aliphatic rings. The van der Waals surface area contributed by atoms with Gasteiger partial charge in [-0.25, -0.2) is 0 Å². The van der Waals surface area contributed by atoms with Gasteiger partial charge in [-0.1, -0.05) is 27.7 Å². The van der Waals surface area contributed by atoms with Gasteiger partial charge in [0, 0.05) is 12.5 Å². The highest BCUT2D eigenvalue weighted by Gasteiger charge is 2.34. The summed E-state index contributed by atoms with van der Waals surface area (Å²) >= 11 is 4.48. The molecule has 0 aromatic heterocycles. The van der Waals surface area contributed by atoms with Crippen LogP contribution in [-0.4, -0.2) is 22.5 Å². The predicted molar refractivity (Wildman–Crippen MR) is 79.0 cm³/mol. The van der Waals surface area contributed by atoms with Crippen molar-refractivity contribution in [2.75, 3.05) is 0 Å². The topological polar surface area (TPSA) is 46.2 Å². The molecule has 0 aliphatic carbocycles. The highest BCUT2D eigenvalue weighted by atomic mass is 32.1. The molecule has 0 rings (SSSR count). The monoisotopic (exact) mass is 273 g/mol. The number of amides is 1. The number of rotatable bonds is 6. The van der Waals surface area contributed by atoms with Gasteiger partial charge >= 0.3 is 0 Å². The lowest BCUT2D eigenvalue weighted by atomic mass is 9.84. The van der Waals surface area contributed by atoms with Gasteiger partial charge in [-0.05, 0) is 32.1 Å². The van der Waals surface area contributed by atoms with Crippen LogP contribution in [0.5, 0.6) is 0 Å². The maximum atomic E-state index is 12.2. The van der Waals surface area contributed by atoms with Crippen LogP contribution in [0.3, 0.4) is 0 Å². The number of thiol groups is 1. The van der Waals surface area contributed by atoms with E-state index >= 15 is 0 Å². The summed E-state index contributed by atoms with van der Waals surface area (Å²) in [5.41, 5.74) is 0.0378. The van der Waals surface area contributed by atoms with Gasteiger partial charge in [0.05, 0.1) is 4.75 Å². The molecule has 0 aromatic rings. The molecule has 2 atom stereocenters. The second kappa shape index (κ2) is 6.60. The van der Waals surface area contributed by atoms with Crippen molar-refractivity contribution in [2.24, 2.45) is 5.41 Å². The van der Waals surface area contributed by atoms with Crippen molar-refractivity contribution in [3.63, 3.8) is 0 Å². The van der Waals surface area contributed by atoms with Crippen molar-refractivity contribution < 1.29 is 9.59 Å². The molecule has 0 fully saturated rings. The fourth-order valence-electron chi connectivity index (χ4n) is 2.10. The Morgan fingerprint density at radius 3 is 2.06 bits per heavy atom. The first-order chi connectivity index (χ1) is 7.98. The molecular weight excluding hydrogens is 246 g/mol. The van der Waals surface area contributed by atoms with Gasteiger partial charge < -0.3 is 5.32 Å². The lowest BCUT2D eigenvalue weighted by Crippen LogP contribution is -2.47. The van der Waals surface area contributed by atoms with Gasteiger partial charge in [0.15, 0.2) is 0 Å². The molecule has 0 saturated heterocycles. The fourth-order valence-corrected chi connectivity index (χ4v) is 2.64. The number of Topliss-reactive ketones (excluding diaryl/α,β-unsaturated/α-hetero) is 1. The molecule has 1 N–H and O–H groups in total. The van der Waals surface area contributed by atoms with E-state index in [0.717, 1.165) is 6.42 Å². The van der Waals surface area contributed by atoms with Gasteiger partial charge in [0.25, 0.3) is 0 Å². The number of carbonyl (C=O) groups excluding carboxylic acids is 2. The van der Waals surface area contributed by atoms with Gasteiger partial charge in [-0.15, -0.1) is 0 Å². The quantitative estimate of drug-likeness (QED) is 0.731. The van der Waals surface area contributed by atoms with Crippen molar-refractivity contribution in [2.45, 2.75) is 71.6 Å². The maximum Gasteiger partial charge on any atom is 0.235 e. The average molecular weight is 273 g/mol. The Morgan fingerprint density at radius 1 is 1.22 bits per heavy atom. The van der Waals surface area contributed by atoms with E-state index in [9.17, 15) is 9.59 Å². The standard InChI is InChI=1S/C14H27NO2S/c1-7-11(8-10(2)16)15-12(17)14(6,18)9-13(3,4)5/h11,18H,7-9H2,1-6H3,(H,15,17).